The molecule has 2 aliphatic rings. The van der Waals surface area contributed by atoms with Crippen molar-refractivity contribution in [3.8, 4) is 11.5 Å². The van der Waals surface area contributed by atoms with E-state index in [4.69, 9.17) is 14.5 Å². The van der Waals surface area contributed by atoms with Crippen LogP contribution in [0, 0.1) is 26.7 Å². The fraction of sp³-hybridized carbons (Fsp3) is 0.270. The lowest BCUT2D eigenvalue weighted by atomic mass is 9.76. The van der Waals surface area contributed by atoms with Crippen LogP contribution in [0.15, 0.2) is 96.0 Å². The molecule has 0 bridgehead atoms. The molecule has 6 rings (SSSR count). The second-order valence-corrected chi connectivity index (χ2v) is 11.3. The highest BCUT2D eigenvalue weighted by atomic mass is 16.5. The normalized spacial score (nSPS) is 19.1. The number of nitrogens with one attached hydrogen (secondary N) is 1. The van der Waals surface area contributed by atoms with Crippen molar-refractivity contribution in [3.05, 3.63) is 130 Å². The van der Waals surface area contributed by atoms with E-state index in [1.807, 2.05) is 31.3 Å². The third-order valence-corrected chi connectivity index (χ3v) is 8.08. The molecule has 3 atom stereocenters. The first kappa shape index (κ1) is 26.9. The van der Waals surface area contributed by atoms with Gasteiger partial charge in [-0.3, -0.25) is 4.99 Å². The first-order valence-corrected chi connectivity index (χ1v) is 14.6. The lowest BCUT2D eigenvalue weighted by molar-refractivity contribution is 0.269. The van der Waals surface area contributed by atoms with E-state index in [0.29, 0.717) is 25.0 Å². The largest absolute Gasteiger partial charge is 0.490 e. The highest BCUT2D eigenvalue weighted by Crippen LogP contribution is 2.50. The van der Waals surface area contributed by atoms with Crippen molar-refractivity contribution in [2.75, 3.05) is 11.9 Å². The van der Waals surface area contributed by atoms with Gasteiger partial charge in [0.25, 0.3) is 0 Å². The number of hydrogen-bond acceptors (Lipinski definition) is 4. The number of anilines is 1. The summed E-state index contributed by atoms with van der Waals surface area (Å²) in [6, 6.07) is 28.2. The molecule has 1 N–H and O–H groups in total. The number of aliphatic imine (C=N–C) groups is 1. The van der Waals surface area contributed by atoms with Crippen LogP contribution in [0.2, 0.25) is 0 Å². The minimum Gasteiger partial charge on any atom is -0.490 e. The zero-order valence-electron chi connectivity index (χ0n) is 24.4. The molecule has 0 aromatic heterocycles. The predicted molar refractivity (Wildman–Crippen MR) is 169 cm³/mol. The van der Waals surface area contributed by atoms with E-state index >= 15 is 0 Å². The van der Waals surface area contributed by atoms with E-state index < -0.39 is 0 Å². The van der Waals surface area contributed by atoms with Gasteiger partial charge in [0.15, 0.2) is 11.5 Å². The molecule has 0 radical (unpaired) electrons. The number of fused-ring (bicyclic) bond motifs is 3. The number of ether oxygens (including phenoxy) is 2. The number of rotatable bonds is 8. The van der Waals surface area contributed by atoms with Crippen molar-refractivity contribution in [1.82, 2.24) is 0 Å². The second-order valence-electron chi connectivity index (χ2n) is 11.3. The van der Waals surface area contributed by atoms with Gasteiger partial charge in [-0.2, -0.15) is 0 Å². The quantitative estimate of drug-likeness (QED) is 0.178. The van der Waals surface area contributed by atoms with Crippen LogP contribution in [0.3, 0.4) is 0 Å². The van der Waals surface area contributed by atoms with E-state index in [-0.39, 0.29) is 6.04 Å². The third-order valence-electron chi connectivity index (χ3n) is 8.08. The Labute approximate surface area is 243 Å². The average Bonchev–Trinajstić information content (AvgIpc) is 3.46. The molecule has 0 saturated carbocycles. The van der Waals surface area contributed by atoms with Crippen LogP contribution < -0.4 is 14.8 Å². The van der Waals surface area contributed by atoms with Crippen molar-refractivity contribution < 1.29 is 9.47 Å². The summed E-state index contributed by atoms with van der Waals surface area (Å²) in [4.78, 5) is 4.76. The smallest absolute Gasteiger partial charge is 0.161 e. The lowest BCUT2D eigenvalue weighted by Gasteiger charge is -2.37. The first-order chi connectivity index (χ1) is 20.0. The SMILES string of the molecule is CCOc1cc(C=Nc2ccc([C@@H]3Nc4ccc(C)cc4[C@H]4C=CC[C@H]43)cc2)ccc1OCc1cc(C)cc(C)c1. The number of nitrogens with zero attached hydrogens (tertiary/aromatic N) is 1. The minimum atomic E-state index is 0.285. The monoisotopic (exact) mass is 542 g/mol. The summed E-state index contributed by atoms with van der Waals surface area (Å²) in [6.07, 6.45) is 7.73. The van der Waals surface area contributed by atoms with E-state index in [2.05, 4.69) is 98.9 Å². The molecule has 208 valence electrons. The maximum Gasteiger partial charge on any atom is 0.161 e. The molecular formula is C37H38N2O2. The van der Waals surface area contributed by atoms with Gasteiger partial charge in [-0.1, -0.05) is 71.3 Å². The summed E-state index contributed by atoms with van der Waals surface area (Å²) in [7, 11) is 0. The van der Waals surface area contributed by atoms with E-state index in [0.717, 1.165) is 34.7 Å². The van der Waals surface area contributed by atoms with Crippen molar-refractivity contribution in [3.63, 3.8) is 0 Å². The van der Waals surface area contributed by atoms with Gasteiger partial charge >= 0.3 is 0 Å². The Kier molecular flexibility index (Phi) is 7.65. The highest BCUT2D eigenvalue weighted by molar-refractivity contribution is 5.83. The first-order valence-electron chi connectivity index (χ1n) is 14.6. The zero-order chi connectivity index (χ0) is 28.3. The Morgan fingerprint density at radius 3 is 2.41 bits per heavy atom. The summed E-state index contributed by atoms with van der Waals surface area (Å²) in [5, 5.41) is 3.83. The average molecular weight is 543 g/mol. The van der Waals surface area contributed by atoms with Crippen LogP contribution in [0.5, 0.6) is 11.5 Å². The molecule has 0 saturated heterocycles. The van der Waals surface area contributed by atoms with Crippen molar-refractivity contribution in [1.29, 1.82) is 0 Å². The van der Waals surface area contributed by atoms with Crippen molar-refractivity contribution in [2.45, 2.75) is 52.7 Å². The summed E-state index contributed by atoms with van der Waals surface area (Å²) in [6.45, 7) is 9.45. The molecule has 1 aliphatic heterocycles. The number of aryl methyl sites for hydroxylation is 3. The van der Waals surface area contributed by atoms with E-state index in [9.17, 15) is 0 Å². The summed E-state index contributed by atoms with van der Waals surface area (Å²) in [5.74, 6) is 2.48. The molecule has 0 amide bonds. The van der Waals surface area contributed by atoms with Gasteiger partial charge in [0.1, 0.15) is 6.61 Å². The van der Waals surface area contributed by atoms with Crippen LogP contribution in [0.25, 0.3) is 0 Å². The van der Waals surface area contributed by atoms with Crippen LogP contribution >= 0.6 is 0 Å². The minimum absolute atomic E-state index is 0.285. The fourth-order valence-electron chi connectivity index (χ4n) is 6.27. The predicted octanol–water partition coefficient (Wildman–Crippen LogP) is 9.17. The number of hydrogen-bond donors (Lipinski definition) is 1. The summed E-state index contributed by atoms with van der Waals surface area (Å²) < 4.78 is 12.1. The molecule has 1 heterocycles. The van der Waals surface area contributed by atoms with Crippen LogP contribution in [0.4, 0.5) is 11.4 Å². The molecule has 4 nitrogen and oxygen atoms in total. The molecule has 41 heavy (non-hydrogen) atoms. The van der Waals surface area contributed by atoms with Gasteiger partial charge in [0, 0.05) is 17.8 Å². The fourth-order valence-corrected chi connectivity index (χ4v) is 6.27. The zero-order valence-corrected chi connectivity index (χ0v) is 24.4. The van der Waals surface area contributed by atoms with E-state index in [1.165, 1.54) is 33.5 Å². The van der Waals surface area contributed by atoms with E-state index in [1.54, 1.807) is 0 Å². The molecular weight excluding hydrogens is 504 g/mol. The van der Waals surface area contributed by atoms with Gasteiger partial charge in [-0.15, -0.1) is 0 Å². The Balaban J connectivity index is 1.15. The second kappa shape index (κ2) is 11.7. The van der Waals surface area contributed by atoms with Gasteiger partial charge in [-0.25, -0.2) is 0 Å². The Hall–Kier alpha value is -4.31. The van der Waals surface area contributed by atoms with Crippen molar-refractivity contribution in [2.24, 2.45) is 10.9 Å². The standard InChI is InChI=1S/C37H38N2O2/c1-5-40-36-21-27(10-16-35(36)41-23-28-18-25(3)17-26(4)19-28)22-38-30-13-11-29(12-14-30)37-32-8-6-7-31(32)33-20-24(2)9-15-34(33)39-37/h6-7,9-22,31-32,37,39H,5,8,23H2,1-4H3/t31-,32+,37-/m0/s1. The molecule has 0 spiro atoms. The Morgan fingerprint density at radius 2 is 1.63 bits per heavy atom. The van der Waals surface area contributed by atoms with Crippen LogP contribution in [-0.2, 0) is 6.61 Å². The molecule has 0 fully saturated rings. The number of allylic oxidation sites excluding steroid dienone is 2. The topological polar surface area (TPSA) is 42.8 Å². The third kappa shape index (κ3) is 5.92. The van der Waals surface area contributed by atoms with Crippen LogP contribution in [0.1, 0.15) is 64.2 Å². The van der Waals surface area contributed by atoms with Gasteiger partial charge in [-0.05, 0) is 98.7 Å². The Bertz CT molecular complexity index is 1580. The summed E-state index contributed by atoms with van der Waals surface area (Å²) >= 11 is 0. The summed E-state index contributed by atoms with van der Waals surface area (Å²) in [5.41, 5.74) is 10.8. The lowest BCUT2D eigenvalue weighted by Crippen LogP contribution is -2.29. The Morgan fingerprint density at radius 1 is 0.829 bits per heavy atom. The highest BCUT2D eigenvalue weighted by Gasteiger charge is 2.37. The van der Waals surface area contributed by atoms with Crippen LogP contribution in [-0.4, -0.2) is 12.8 Å². The van der Waals surface area contributed by atoms with Crippen molar-refractivity contribution >= 4 is 17.6 Å². The van der Waals surface area contributed by atoms with Gasteiger partial charge < -0.3 is 14.8 Å². The molecule has 4 aromatic rings. The maximum absolute atomic E-state index is 6.15. The number of benzene rings is 4. The maximum atomic E-state index is 6.15. The molecule has 1 aliphatic carbocycles. The molecule has 4 aromatic carbocycles. The van der Waals surface area contributed by atoms with Gasteiger partial charge in [0.2, 0.25) is 0 Å². The van der Waals surface area contributed by atoms with Gasteiger partial charge in [0.05, 0.1) is 18.3 Å². The molecule has 4 heteroatoms. The molecule has 0 unspecified atom stereocenters.